The van der Waals surface area contributed by atoms with Gasteiger partial charge in [0.1, 0.15) is 0 Å². The predicted octanol–water partition coefficient (Wildman–Crippen LogP) is 2.50. The second-order valence-electron chi connectivity index (χ2n) is 3.90. The number of carboxylic acids is 2. The monoisotopic (exact) mass is 412 g/mol. The molecule has 4 nitrogen and oxygen atoms in total. The van der Waals surface area contributed by atoms with Crippen LogP contribution in [0.1, 0.15) is 13.8 Å². The summed E-state index contributed by atoms with van der Waals surface area (Å²) in [6.07, 6.45) is 0. The first kappa shape index (κ1) is 22.7. The molecule has 0 fully saturated rings. The van der Waals surface area contributed by atoms with E-state index < -0.39 is 11.9 Å². The first-order chi connectivity index (χ1) is 9.91. The summed E-state index contributed by atoms with van der Waals surface area (Å²) in [4.78, 5) is 18.0. The summed E-state index contributed by atoms with van der Waals surface area (Å²) in [5.74, 6) is -1.67. The second-order valence-corrected chi connectivity index (χ2v) is 5.30. The van der Waals surface area contributed by atoms with Crippen LogP contribution >= 0.6 is 8.58 Å². The SMILES string of the molecule is CC(=O)O.CC(=O)O.[Pd].c1ccc(Pc2ccccc2)cc1. The van der Waals surface area contributed by atoms with Gasteiger partial charge in [0.25, 0.3) is 11.9 Å². The maximum atomic E-state index is 9.00. The molecule has 2 rings (SSSR count). The van der Waals surface area contributed by atoms with Crippen LogP contribution in [0.3, 0.4) is 0 Å². The van der Waals surface area contributed by atoms with Crippen molar-refractivity contribution in [1.29, 1.82) is 0 Å². The molecule has 0 radical (unpaired) electrons. The molecule has 0 spiro atoms. The molecule has 0 aliphatic carbocycles. The molecule has 0 amide bonds. The van der Waals surface area contributed by atoms with Gasteiger partial charge in [0.2, 0.25) is 0 Å². The summed E-state index contributed by atoms with van der Waals surface area (Å²) in [6, 6.07) is 21.2. The van der Waals surface area contributed by atoms with Gasteiger partial charge in [-0.15, -0.1) is 0 Å². The van der Waals surface area contributed by atoms with Crippen LogP contribution in [-0.4, -0.2) is 22.2 Å². The average Bonchev–Trinajstić information content (AvgIpc) is 2.40. The van der Waals surface area contributed by atoms with Gasteiger partial charge in [-0.2, -0.15) is 0 Å². The summed E-state index contributed by atoms with van der Waals surface area (Å²) in [5, 5.41) is 17.6. The third kappa shape index (κ3) is 16.5. The molecule has 6 heteroatoms. The van der Waals surface area contributed by atoms with Gasteiger partial charge in [-0.05, 0) is 10.6 Å². The van der Waals surface area contributed by atoms with Gasteiger partial charge < -0.3 is 10.2 Å². The number of carboxylic acid groups (broad SMARTS) is 2. The average molecular weight is 413 g/mol. The molecule has 22 heavy (non-hydrogen) atoms. The summed E-state index contributed by atoms with van der Waals surface area (Å²) >= 11 is 0. The van der Waals surface area contributed by atoms with Crippen LogP contribution in [0.25, 0.3) is 0 Å². The van der Waals surface area contributed by atoms with E-state index in [1.807, 2.05) is 0 Å². The van der Waals surface area contributed by atoms with E-state index in [1.165, 1.54) is 10.6 Å². The Kier molecular flexibility index (Phi) is 14.9. The van der Waals surface area contributed by atoms with Crippen molar-refractivity contribution in [3.63, 3.8) is 0 Å². The summed E-state index contributed by atoms with van der Waals surface area (Å²) in [7, 11) is 0.777. The molecule has 0 heterocycles. The molecule has 0 bridgehead atoms. The van der Waals surface area contributed by atoms with Crippen LogP contribution in [-0.2, 0) is 30.0 Å². The van der Waals surface area contributed by atoms with Crippen molar-refractivity contribution in [1.82, 2.24) is 0 Å². The standard InChI is InChI=1S/C12H11P.2C2H4O2.Pd/c1-3-7-11(8-4-1)13-12-9-5-2-6-10-12;2*1-2(3)4;/h1-10,13H;2*1H3,(H,3,4);. The zero-order valence-corrected chi connectivity index (χ0v) is 14.9. The number of rotatable bonds is 2. The Morgan fingerprint density at radius 3 is 1.18 bits per heavy atom. The first-order valence-corrected chi connectivity index (χ1v) is 7.18. The zero-order valence-electron chi connectivity index (χ0n) is 12.3. The third-order valence-electron chi connectivity index (χ3n) is 1.84. The van der Waals surface area contributed by atoms with Crippen LogP contribution in [0, 0.1) is 0 Å². The van der Waals surface area contributed by atoms with Crippen molar-refractivity contribution in [3.8, 4) is 0 Å². The summed E-state index contributed by atoms with van der Waals surface area (Å²) in [6.45, 7) is 2.17. The minimum atomic E-state index is -0.833. The molecular weight excluding hydrogens is 394 g/mol. The largest absolute Gasteiger partial charge is 0.481 e. The maximum Gasteiger partial charge on any atom is 0.300 e. The molecule has 2 aromatic rings. The van der Waals surface area contributed by atoms with E-state index in [0.717, 1.165) is 22.4 Å². The fourth-order valence-corrected chi connectivity index (χ4v) is 2.26. The van der Waals surface area contributed by atoms with Crippen molar-refractivity contribution in [3.05, 3.63) is 60.7 Å². The quantitative estimate of drug-likeness (QED) is 0.587. The Labute approximate surface area is 146 Å². The summed E-state index contributed by atoms with van der Waals surface area (Å²) < 4.78 is 0. The van der Waals surface area contributed by atoms with Gasteiger partial charge in [0.05, 0.1) is 0 Å². The first-order valence-electron chi connectivity index (χ1n) is 6.18. The van der Waals surface area contributed by atoms with E-state index in [-0.39, 0.29) is 20.4 Å². The van der Waals surface area contributed by atoms with Crippen LogP contribution in [0.4, 0.5) is 0 Å². The Morgan fingerprint density at radius 1 is 0.727 bits per heavy atom. The van der Waals surface area contributed by atoms with Crippen LogP contribution in [0.5, 0.6) is 0 Å². The van der Waals surface area contributed by atoms with E-state index in [2.05, 4.69) is 60.7 Å². The molecule has 0 aliphatic rings. The number of aliphatic carboxylic acids is 2. The maximum absolute atomic E-state index is 9.00. The number of hydrogen-bond donors (Lipinski definition) is 2. The Morgan fingerprint density at radius 2 is 0.955 bits per heavy atom. The second kappa shape index (κ2) is 14.4. The van der Waals surface area contributed by atoms with Gasteiger partial charge in [0.15, 0.2) is 0 Å². The van der Waals surface area contributed by atoms with Crippen molar-refractivity contribution in [2.45, 2.75) is 13.8 Å². The molecule has 2 N–H and O–H groups in total. The van der Waals surface area contributed by atoms with Crippen molar-refractivity contribution in [2.75, 3.05) is 0 Å². The fraction of sp³-hybridized carbons (Fsp3) is 0.125. The van der Waals surface area contributed by atoms with Gasteiger partial charge in [-0.3, -0.25) is 9.59 Å². The summed E-state index contributed by atoms with van der Waals surface area (Å²) in [5.41, 5.74) is 0. The normalized spacial score (nSPS) is 8.09. The van der Waals surface area contributed by atoms with Gasteiger partial charge in [-0.1, -0.05) is 69.2 Å². The smallest absolute Gasteiger partial charge is 0.300 e. The van der Waals surface area contributed by atoms with Crippen LogP contribution in [0.2, 0.25) is 0 Å². The van der Waals surface area contributed by atoms with Gasteiger partial charge in [0, 0.05) is 34.3 Å². The van der Waals surface area contributed by atoms with Gasteiger partial charge in [-0.25, -0.2) is 0 Å². The molecular formula is C16H19O4PPd. The van der Waals surface area contributed by atoms with Crippen molar-refractivity contribution in [2.24, 2.45) is 0 Å². The minimum Gasteiger partial charge on any atom is -0.481 e. The molecule has 0 unspecified atom stereocenters. The predicted molar refractivity (Wildman–Crippen MR) is 87.1 cm³/mol. The van der Waals surface area contributed by atoms with E-state index in [1.54, 1.807) is 0 Å². The minimum absolute atomic E-state index is 0. The Balaban J connectivity index is 0. The third-order valence-corrected chi connectivity index (χ3v) is 3.08. The molecule has 0 aliphatic heterocycles. The fourth-order valence-electron chi connectivity index (χ4n) is 1.21. The molecule has 0 aromatic heterocycles. The number of hydrogen-bond acceptors (Lipinski definition) is 2. The topological polar surface area (TPSA) is 74.6 Å². The van der Waals surface area contributed by atoms with E-state index in [9.17, 15) is 0 Å². The molecule has 0 saturated heterocycles. The van der Waals surface area contributed by atoms with E-state index in [4.69, 9.17) is 19.8 Å². The van der Waals surface area contributed by atoms with Crippen LogP contribution in [0.15, 0.2) is 60.7 Å². The zero-order chi connectivity index (χ0) is 16.1. The number of carbonyl (C=O) groups is 2. The van der Waals surface area contributed by atoms with Gasteiger partial charge >= 0.3 is 0 Å². The van der Waals surface area contributed by atoms with E-state index >= 15 is 0 Å². The van der Waals surface area contributed by atoms with Crippen molar-refractivity contribution >= 4 is 31.1 Å². The Bertz CT molecular complexity index is 475. The molecule has 122 valence electrons. The number of benzene rings is 2. The van der Waals surface area contributed by atoms with Crippen molar-refractivity contribution < 1.29 is 40.2 Å². The van der Waals surface area contributed by atoms with Crippen LogP contribution < -0.4 is 10.6 Å². The Hall–Kier alpha value is -1.53. The molecule has 0 saturated carbocycles. The van der Waals surface area contributed by atoms with E-state index in [0.29, 0.717) is 0 Å². The molecule has 0 atom stereocenters. The molecule has 2 aromatic carbocycles.